The Bertz CT molecular complexity index is 238. The summed E-state index contributed by atoms with van der Waals surface area (Å²) in [7, 11) is 2.03. The van der Waals surface area contributed by atoms with E-state index >= 15 is 0 Å². The van der Waals surface area contributed by atoms with Gasteiger partial charge in [-0.3, -0.25) is 0 Å². The quantitative estimate of drug-likeness (QED) is 0.461. The summed E-state index contributed by atoms with van der Waals surface area (Å²) in [5.74, 6) is 0. The molecule has 3 nitrogen and oxygen atoms in total. The number of imidazole rings is 1. The van der Waals surface area contributed by atoms with E-state index in [0.29, 0.717) is 6.61 Å². The molecule has 1 aromatic rings. The minimum atomic E-state index is 0. The molecule has 0 bridgehead atoms. The topological polar surface area (TPSA) is 29.0 Å². The summed E-state index contributed by atoms with van der Waals surface area (Å²) in [6.07, 6.45) is 10.7. The standard InChI is InChI=1S/C10H19N2O.BrH/c1-11-7-8-12(10-11)6-4-2-3-5-9-13;/h7-8,10,13H,2-6,9H2,1H3;1H/q+1;/p-1. The number of aromatic nitrogens is 2. The van der Waals surface area contributed by atoms with Gasteiger partial charge in [-0.05, 0) is 19.3 Å². The highest BCUT2D eigenvalue weighted by Crippen LogP contribution is 2.00. The second-order valence-electron chi connectivity index (χ2n) is 3.45. The first-order valence-electron chi connectivity index (χ1n) is 4.95. The highest BCUT2D eigenvalue weighted by molar-refractivity contribution is 4.65. The Morgan fingerprint density at radius 3 is 2.50 bits per heavy atom. The summed E-state index contributed by atoms with van der Waals surface area (Å²) in [5, 5.41) is 8.58. The molecule has 14 heavy (non-hydrogen) atoms. The smallest absolute Gasteiger partial charge is 0.243 e. The van der Waals surface area contributed by atoms with E-state index in [9.17, 15) is 0 Å². The molecular weight excluding hydrogens is 244 g/mol. The molecule has 0 aliphatic rings. The van der Waals surface area contributed by atoms with Crippen LogP contribution in [0, 0.1) is 0 Å². The molecule has 82 valence electrons. The van der Waals surface area contributed by atoms with Crippen molar-refractivity contribution in [3.05, 3.63) is 18.7 Å². The minimum absolute atomic E-state index is 0. The lowest BCUT2D eigenvalue weighted by molar-refractivity contribution is -0.671. The van der Waals surface area contributed by atoms with Crippen molar-refractivity contribution in [2.45, 2.75) is 32.2 Å². The molecule has 0 aliphatic heterocycles. The van der Waals surface area contributed by atoms with E-state index in [0.717, 1.165) is 19.4 Å². The maximum Gasteiger partial charge on any atom is 0.243 e. The summed E-state index contributed by atoms with van der Waals surface area (Å²) >= 11 is 0. The number of rotatable bonds is 6. The summed E-state index contributed by atoms with van der Waals surface area (Å²) in [6, 6.07) is 0. The molecule has 0 fully saturated rings. The molecule has 0 spiro atoms. The first-order valence-corrected chi connectivity index (χ1v) is 4.95. The number of aryl methyl sites for hydroxylation is 2. The van der Waals surface area contributed by atoms with Gasteiger partial charge in [0.1, 0.15) is 12.4 Å². The monoisotopic (exact) mass is 262 g/mol. The molecule has 1 heterocycles. The Morgan fingerprint density at radius 2 is 1.93 bits per heavy atom. The molecular formula is C10H19BrN2O. The van der Waals surface area contributed by atoms with Gasteiger partial charge < -0.3 is 22.1 Å². The maximum absolute atomic E-state index is 8.58. The van der Waals surface area contributed by atoms with Crippen LogP contribution in [0.25, 0.3) is 0 Å². The fourth-order valence-electron chi connectivity index (χ4n) is 1.39. The van der Waals surface area contributed by atoms with Crippen molar-refractivity contribution in [2.75, 3.05) is 6.61 Å². The van der Waals surface area contributed by atoms with Crippen LogP contribution in [0.2, 0.25) is 0 Å². The van der Waals surface area contributed by atoms with Gasteiger partial charge in [-0.25, -0.2) is 9.13 Å². The highest BCUT2D eigenvalue weighted by atomic mass is 79.9. The van der Waals surface area contributed by atoms with Gasteiger partial charge in [-0.15, -0.1) is 0 Å². The molecule has 0 saturated heterocycles. The number of hydrogen-bond acceptors (Lipinski definition) is 1. The summed E-state index contributed by atoms with van der Waals surface area (Å²) in [4.78, 5) is 0. The Balaban J connectivity index is 0.00000169. The van der Waals surface area contributed by atoms with Crippen molar-refractivity contribution in [2.24, 2.45) is 7.05 Å². The average Bonchev–Trinajstić information content (AvgIpc) is 2.51. The van der Waals surface area contributed by atoms with Gasteiger partial charge in [0.15, 0.2) is 0 Å². The van der Waals surface area contributed by atoms with E-state index in [4.69, 9.17) is 5.11 Å². The van der Waals surface area contributed by atoms with Gasteiger partial charge in [0.2, 0.25) is 6.33 Å². The molecule has 1 N–H and O–H groups in total. The zero-order chi connectivity index (χ0) is 9.52. The van der Waals surface area contributed by atoms with Crippen molar-refractivity contribution in [1.82, 2.24) is 4.57 Å². The Labute approximate surface area is 96.1 Å². The van der Waals surface area contributed by atoms with Crippen molar-refractivity contribution >= 4 is 0 Å². The third-order valence-corrected chi connectivity index (χ3v) is 2.15. The number of unbranched alkanes of at least 4 members (excludes halogenated alkanes) is 3. The molecule has 0 unspecified atom stereocenters. The molecule has 0 aliphatic carbocycles. The SMILES string of the molecule is C[n+]1ccn(CCCCCCO)c1.[Br-]. The van der Waals surface area contributed by atoms with E-state index in [1.165, 1.54) is 12.8 Å². The van der Waals surface area contributed by atoms with Gasteiger partial charge in [0.25, 0.3) is 0 Å². The normalized spacial score (nSPS) is 9.86. The van der Waals surface area contributed by atoms with Crippen LogP contribution in [-0.4, -0.2) is 16.3 Å². The summed E-state index contributed by atoms with van der Waals surface area (Å²) in [5.41, 5.74) is 0. The van der Waals surface area contributed by atoms with Gasteiger partial charge in [-0.1, -0.05) is 6.42 Å². The number of nitrogens with zero attached hydrogens (tertiary/aromatic N) is 2. The number of aliphatic hydroxyl groups is 1. The molecule has 1 aromatic heterocycles. The summed E-state index contributed by atoms with van der Waals surface area (Å²) in [6.45, 7) is 1.42. The third kappa shape index (κ3) is 5.40. The second-order valence-corrected chi connectivity index (χ2v) is 3.45. The molecule has 0 atom stereocenters. The van der Waals surface area contributed by atoms with E-state index in [-0.39, 0.29) is 17.0 Å². The van der Waals surface area contributed by atoms with Gasteiger partial charge in [0.05, 0.1) is 13.6 Å². The van der Waals surface area contributed by atoms with Gasteiger partial charge in [0, 0.05) is 6.61 Å². The maximum atomic E-state index is 8.58. The third-order valence-electron chi connectivity index (χ3n) is 2.15. The minimum Gasteiger partial charge on any atom is -1.00 e. The Hall–Kier alpha value is -0.350. The highest BCUT2D eigenvalue weighted by Gasteiger charge is 1.98. The lowest BCUT2D eigenvalue weighted by Crippen LogP contribution is -3.00. The van der Waals surface area contributed by atoms with Crippen LogP contribution in [0.15, 0.2) is 18.7 Å². The van der Waals surface area contributed by atoms with Crippen LogP contribution in [0.3, 0.4) is 0 Å². The predicted molar refractivity (Wildman–Crippen MR) is 51.2 cm³/mol. The van der Waals surface area contributed by atoms with Crippen LogP contribution in [0.5, 0.6) is 0 Å². The lowest BCUT2D eigenvalue weighted by atomic mass is 10.2. The molecule has 0 aromatic carbocycles. The fraction of sp³-hybridized carbons (Fsp3) is 0.700. The average molecular weight is 263 g/mol. The van der Waals surface area contributed by atoms with Crippen LogP contribution >= 0.6 is 0 Å². The van der Waals surface area contributed by atoms with E-state index in [1.807, 2.05) is 17.8 Å². The van der Waals surface area contributed by atoms with Crippen LogP contribution in [0.1, 0.15) is 25.7 Å². The Morgan fingerprint density at radius 1 is 1.21 bits per heavy atom. The summed E-state index contributed by atoms with van der Waals surface area (Å²) < 4.78 is 4.24. The van der Waals surface area contributed by atoms with E-state index < -0.39 is 0 Å². The van der Waals surface area contributed by atoms with Gasteiger partial charge >= 0.3 is 0 Å². The van der Waals surface area contributed by atoms with Crippen LogP contribution < -0.4 is 21.5 Å². The van der Waals surface area contributed by atoms with Crippen molar-refractivity contribution < 1.29 is 26.7 Å². The molecule has 0 amide bonds. The van der Waals surface area contributed by atoms with Crippen LogP contribution in [-0.2, 0) is 13.6 Å². The Kier molecular flexibility index (Phi) is 7.80. The molecule has 0 saturated carbocycles. The zero-order valence-corrected chi connectivity index (χ0v) is 10.3. The second kappa shape index (κ2) is 8.00. The van der Waals surface area contributed by atoms with Crippen LogP contribution in [0.4, 0.5) is 0 Å². The first-order chi connectivity index (χ1) is 6.33. The molecule has 0 radical (unpaired) electrons. The largest absolute Gasteiger partial charge is 1.00 e. The predicted octanol–water partition coefficient (Wildman–Crippen LogP) is -2.13. The number of halogens is 1. The van der Waals surface area contributed by atoms with Crippen molar-refractivity contribution in [3.63, 3.8) is 0 Å². The first kappa shape index (κ1) is 13.7. The number of hydrogen-bond donors (Lipinski definition) is 1. The van der Waals surface area contributed by atoms with Crippen molar-refractivity contribution in [3.8, 4) is 0 Å². The van der Waals surface area contributed by atoms with Crippen molar-refractivity contribution in [1.29, 1.82) is 0 Å². The van der Waals surface area contributed by atoms with E-state index in [1.54, 1.807) is 0 Å². The zero-order valence-electron chi connectivity index (χ0n) is 8.69. The van der Waals surface area contributed by atoms with E-state index in [2.05, 4.69) is 17.1 Å². The lowest BCUT2D eigenvalue weighted by Gasteiger charge is -1.96. The number of aliphatic hydroxyl groups excluding tert-OH is 1. The molecule has 4 heteroatoms. The fourth-order valence-corrected chi connectivity index (χ4v) is 1.39. The van der Waals surface area contributed by atoms with Gasteiger partial charge in [-0.2, -0.15) is 0 Å². The molecule has 1 rings (SSSR count).